The van der Waals surface area contributed by atoms with Crippen molar-refractivity contribution in [1.82, 2.24) is 40.0 Å². The van der Waals surface area contributed by atoms with E-state index in [4.69, 9.17) is 9.97 Å². The van der Waals surface area contributed by atoms with Crippen molar-refractivity contribution in [3.8, 4) is 22.5 Å². The minimum atomic E-state index is -0.889. The van der Waals surface area contributed by atoms with Gasteiger partial charge in [-0.1, -0.05) is 51.0 Å². The van der Waals surface area contributed by atoms with Crippen LogP contribution in [0.4, 0.5) is 11.4 Å². The number of fused-ring (bicyclic) bond motifs is 4. The summed E-state index contributed by atoms with van der Waals surface area (Å²) in [4.78, 5) is 50.8. The first-order valence-corrected chi connectivity index (χ1v) is 28.1. The number of carboxylic acid groups (broad SMARTS) is 1. The standard InChI is InChI=1S/C29H35N5OS.C25H26N4O2S.C4H11N/c1-3-34(4-2)29(35)28-18-22-10-9-21(17-27(22)36-28)25-19-26(23-20-30-13-11-24(23)32-25)31-12-8-16-33-14-6-5-7-15-33;30-25(31)24-14-18-6-5-17(13-23(18)32-24)21-15-22(19-16-26-9-7-20(19)28-21)27-8-4-12-29-10-2-1-3-11-29;1-3-5-4-2/h9-11,13,17-20H,3-8,12,14-16H2,1-2H3,(H,31,32);5-7,9,13-16H,1-4,8,10-12H2,(H,27,28)(H,30,31);5H,3-4H2,1-2H3. The molecule has 384 valence electrons. The molecule has 0 atom stereocenters. The molecular weight excluding hydrogens is 949 g/mol. The Morgan fingerprint density at radius 1 is 0.603 bits per heavy atom. The Morgan fingerprint density at radius 2 is 1.07 bits per heavy atom. The molecule has 0 spiro atoms. The molecule has 15 heteroatoms. The number of pyridine rings is 4. The third-order valence-electron chi connectivity index (χ3n) is 13.7. The number of carboxylic acids is 1. The molecule has 8 heterocycles. The van der Waals surface area contributed by atoms with Crippen LogP contribution in [0.25, 0.3) is 64.5 Å². The molecule has 1 amide bonds. The van der Waals surface area contributed by atoms with Crippen LogP contribution in [-0.2, 0) is 0 Å². The lowest BCUT2D eigenvalue weighted by Crippen LogP contribution is -2.31. The smallest absolute Gasteiger partial charge is 0.345 e. The first-order valence-electron chi connectivity index (χ1n) is 26.5. The molecule has 10 rings (SSSR count). The third kappa shape index (κ3) is 14.2. The summed E-state index contributed by atoms with van der Waals surface area (Å²) in [7, 11) is 0. The van der Waals surface area contributed by atoms with Crippen molar-refractivity contribution in [3.63, 3.8) is 0 Å². The first kappa shape index (κ1) is 53.2. The summed E-state index contributed by atoms with van der Waals surface area (Å²) in [5.74, 6) is -0.782. The third-order valence-corrected chi connectivity index (χ3v) is 15.8. The molecule has 4 N–H and O–H groups in total. The van der Waals surface area contributed by atoms with Gasteiger partial charge in [0.1, 0.15) is 4.88 Å². The van der Waals surface area contributed by atoms with Crippen molar-refractivity contribution in [1.29, 1.82) is 0 Å². The van der Waals surface area contributed by atoms with Gasteiger partial charge in [-0.3, -0.25) is 14.8 Å². The number of anilines is 2. The van der Waals surface area contributed by atoms with Gasteiger partial charge in [-0.05, 0) is 164 Å². The van der Waals surface area contributed by atoms with Gasteiger partial charge < -0.3 is 35.8 Å². The highest BCUT2D eigenvalue weighted by atomic mass is 32.1. The zero-order valence-corrected chi connectivity index (χ0v) is 44.7. The number of nitrogens with one attached hydrogen (secondary N) is 3. The Balaban J connectivity index is 0.000000179. The van der Waals surface area contributed by atoms with E-state index < -0.39 is 5.97 Å². The van der Waals surface area contributed by atoms with E-state index >= 15 is 0 Å². The maximum Gasteiger partial charge on any atom is 0.345 e. The molecule has 6 aromatic heterocycles. The normalized spacial score (nSPS) is 14.1. The van der Waals surface area contributed by atoms with Crippen LogP contribution >= 0.6 is 22.7 Å². The van der Waals surface area contributed by atoms with Gasteiger partial charge in [-0.25, -0.2) is 14.8 Å². The quantitative estimate of drug-likeness (QED) is 0.0606. The van der Waals surface area contributed by atoms with E-state index in [9.17, 15) is 14.7 Å². The first-order chi connectivity index (χ1) is 35.7. The number of rotatable bonds is 18. The molecule has 2 aliphatic heterocycles. The van der Waals surface area contributed by atoms with E-state index in [2.05, 4.69) is 79.9 Å². The number of amides is 1. The highest BCUT2D eigenvalue weighted by Crippen LogP contribution is 2.35. The molecular formula is C58H72N10O3S2. The number of aromatic carboxylic acids is 1. The summed E-state index contributed by atoms with van der Waals surface area (Å²) in [6, 6.07) is 24.2. The number of likely N-dealkylation sites (tertiary alicyclic amines) is 2. The highest BCUT2D eigenvalue weighted by molar-refractivity contribution is 7.21. The Bertz CT molecular complexity index is 3070. The van der Waals surface area contributed by atoms with Crippen LogP contribution in [0, 0.1) is 0 Å². The average molecular weight is 1020 g/mol. The summed E-state index contributed by atoms with van der Waals surface area (Å²) in [6.07, 6.45) is 17.6. The average Bonchev–Trinajstić information content (AvgIpc) is 4.07. The second-order valence-corrected chi connectivity index (χ2v) is 20.9. The van der Waals surface area contributed by atoms with Crippen LogP contribution in [0.15, 0.2) is 97.6 Å². The number of thiophene rings is 2. The zero-order chi connectivity index (χ0) is 50.9. The maximum atomic E-state index is 12.9. The summed E-state index contributed by atoms with van der Waals surface area (Å²) < 4.78 is 2.06. The van der Waals surface area contributed by atoms with Gasteiger partial charge in [-0.15, -0.1) is 22.7 Å². The number of hydrogen-bond donors (Lipinski definition) is 4. The number of carbonyl (C=O) groups excluding carboxylic acids is 1. The van der Waals surface area contributed by atoms with Crippen molar-refractivity contribution in [2.75, 3.05) is 89.2 Å². The molecule has 2 fully saturated rings. The lowest BCUT2D eigenvalue weighted by atomic mass is 10.1. The van der Waals surface area contributed by atoms with E-state index in [1.165, 1.54) is 76.0 Å². The summed E-state index contributed by atoms with van der Waals surface area (Å²) in [5, 5.41) is 23.8. The number of benzene rings is 2. The van der Waals surface area contributed by atoms with Crippen LogP contribution in [0.5, 0.6) is 0 Å². The monoisotopic (exact) mass is 1020 g/mol. The van der Waals surface area contributed by atoms with E-state index in [0.717, 1.165) is 146 Å². The van der Waals surface area contributed by atoms with Crippen LogP contribution in [0.1, 0.15) is 98.4 Å². The van der Waals surface area contributed by atoms with Crippen LogP contribution < -0.4 is 16.0 Å². The van der Waals surface area contributed by atoms with Crippen LogP contribution in [0.2, 0.25) is 0 Å². The lowest BCUT2D eigenvalue weighted by Gasteiger charge is -2.26. The fourth-order valence-corrected chi connectivity index (χ4v) is 11.7. The fourth-order valence-electron chi connectivity index (χ4n) is 9.65. The van der Waals surface area contributed by atoms with Crippen molar-refractivity contribution in [2.45, 2.75) is 79.1 Å². The topological polar surface area (TPSA) is 152 Å². The summed E-state index contributed by atoms with van der Waals surface area (Å²) in [6.45, 7) is 20.9. The predicted octanol–water partition coefficient (Wildman–Crippen LogP) is 12.4. The van der Waals surface area contributed by atoms with Gasteiger partial charge in [0.15, 0.2) is 0 Å². The van der Waals surface area contributed by atoms with Gasteiger partial charge in [0.2, 0.25) is 0 Å². The number of hydrogen-bond acceptors (Lipinski definition) is 13. The number of nitrogens with zero attached hydrogens (tertiary/aromatic N) is 7. The van der Waals surface area contributed by atoms with E-state index in [1.807, 2.05) is 67.5 Å². The molecule has 2 aromatic carbocycles. The highest BCUT2D eigenvalue weighted by Gasteiger charge is 2.18. The fraction of sp³-hybridized carbons (Fsp3) is 0.414. The number of aromatic nitrogens is 4. The van der Waals surface area contributed by atoms with Crippen molar-refractivity contribution in [3.05, 3.63) is 107 Å². The second-order valence-electron chi connectivity index (χ2n) is 18.7. The molecule has 13 nitrogen and oxygen atoms in total. The summed E-state index contributed by atoms with van der Waals surface area (Å²) >= 11 is 2.86. The largest absolute Gasteiger partial charge is 0.477 e. The molecule has 8 aromatic rings. The van der Waals surface area contributed by atoms with Crippen molar-refractivity contribution >= 4 is 87.9 Å². The van der Waals surface area contributed by atoms with Crippen molar-refractivity contribution in [2.24, 2.45) is 0 Å². The zero-order valence-electron chi connectivity index (χ0n) is 43.1. The van der Waals surface area contributed by atoms with Crippen molar-refractivity contribution < 1.29 is 14.7 Å². The lowest BCUT2D eigenvalue weighted by molar-refractivity contribution is 0.0701. The molecule has 2 aliphatic rings. The van der Waals surface area contributed by atoms with Gasteiger partial charge in [0.25, 0.3) is 5.91 Å². The van der Waals surface area contributed by atoms with Gasteiger partial charge in [0, 0.05) is 93.6 Å². The Labute approximate surface area is 438 Å². The predicted molar refractivity (Wildman–Crippen MR) is 306 cm³/mol. The molecule has 2 saturated heterocycles. The Kier molecular flexibility index (Phi) is 19.5. The van der Waals surface area contributed by atoms with E-state index in [-0.39, 0.29) is 5.91 Å². The SMILES string of the molecule is CCN(CC)C(=O)c1cc2ccc(-c3cc(NCCCN4CCCCC4)c4cnccc4n3)cc2s1.CCNCC.O=C(O)c1cc2ccc(-c3cc(NCCCN4CCCCC4)c4cnccc4n3)cc2s1. The van der Waals surface area contributed by atoms with Gasteiger partial charge in [0.05, 0.1) is 27.3 Å². The molecule has 0 saturated carbocycles. The summed E-state index contributed by atoms with van der Waals surface area (Å²) in [5.41, 5.74) is 7.78. The number of piperidine rings is 2. The second kappa shape index (κ2) is 26.7. The minimum absolute atomic E-state index is 0.107. The maximum absolute atomic E-state index is 12.9. The Morgan fingerprint density at radius 3 is 1.51 bits per heavy atom. The molecule has 0 unspecified atom stereocenters. The molecule has 0 bridgehead atoms. The number of carbonyl (C=O) groups is 2. The Hall–Kier alpha value is -6.10. The molecule has 73 heavy (non-hydrogen) atoms. The van der Waals surface area contributed by atoms with E-state index in [1.54, 1.807) is 29.8 Å². The van der Waals surface area contributed by atoms with Crippen LogP contribution in [0.3, 0.4) is 0 Å². The van der Waals surface area contributed by atoms with Gasteiger partial charge >= 0.3 is 5.97 Å². The molecule has 0 aliphatic carbocycles. The minimum Gasteiger partial charge on any atom is -0.477 e. The van der Waals surface area contributed by atoms with E-state index in [0.29, 0.717) is 4.88 Å². The van der Waals surface area contributed by atoms with Gasteiger partial charge in [-0.2, -0.15) is 0 Å². The van der Waals surface area contributed by atoms with Crippen LogP contribution in [-0.4, -0.2) is 130 Å². The molecule has 0 radical (unpaired) electrons.